The molecule has 2 N–H and O–H groups in total. The van der Waals surface area contributed by atoms with Crippen LogP contribution in [0.1, 0.15) is 10.4 Å². The van der Waals surface area contributed by atoms with E-state index in [4.69, 9.17) is 9.47 Å². The average Bonchev–Trinajstić information content (AvgIpc) is 2.71. The average molecular weight is 365 g/mol. The molecule has 0 radical (unpaired) electrons. The summed E-state index contributed by atoms with van der Waals surface area (Å²) in [5, 5.41) is 6.31. The maximum Gasteiger partial charge on any atom is 0.339 e. The second-order valence-electron chi connectivity index (χ2n) is 5.60. The van der Waals surface area contributed by atoms with Gasteiger partial charge in [0, 0.05) is 11.6 Å². The maximum absolute atomic E-state index is 12.1. The first-order valence-electron chi connectivity index (χ1n) is 8.38. The second kappa shape index (κ2) is 8.66. The van der Waals surface area contributed by atoms with Gasteiger partial charge in [0.2, 0.25) is 0 Å². The Morgan fingerprint density at radius 3 is 2.70 bits per heavy atom. The Labute approximate surface area is 156 Å². The Morgan fingerprint density at radius 1 is 1.04 bits per heavy atom. The number of carbonyl (C=O) groups excluding carboxylic acids is 2. The number of para-hydroxylation sites is 2. The van der Waals surface area contributed by atoms with Crippen LogP contribution in [-0.2, 0) is 4.74 Å². The highest BCUT2D eigenvalue weighted by atomic mass is 16.5. The number of hydrogen-bond donors (Lipinski definition) is 2. The fraction of sp³-hybridized carbons (Fsp3) is 0.150. The number of esters is 1. The summed E-state index contributed by atoms with van der Waals surface area (Å²) in [4.78, 5) is 28.1. The fourth-order valence-corrected chi connectivity index (χ4v) is 2.56. The van der Waals surface area contributed by atoms with Crippen LogP contribution in [0.4, 0.5) is 10.5 Å². The molecule has 0 saturated heterocycles. The molecule has 7 nitrogen and oxygen atoms in total. The number of carbonyl (C=O) groups is 2. The van der Waals surface area contributed by atoms with Crippen molar-refractivity contribution in [3.05, 3.63) is 66.4 Å². The van der Waals surface area contributed by atoms with Crippen molar-refractivity contribution in [2.24, 2.45) is 0 Å². The smallest absolute Gasteiger partial charge is 0.339 e. The summed E-state index contributed by atoms with van der Waals surface area (Å²) in [5.74, 6) is 0.143. The van der Waals surface area contributed by atoms with Crippen LogP contribution < -0.4 is 15.4 Å². The highest BCUT2D eigenvalue weighted by Gasteiger charge is 2.12. The molecule has 138 valence electrons. The molecule has 7 heteroatoms. The molecule has 0 bridgehead atoms. The molecule has 2 amide bonds. The molecule has 0 aliphatic heterocycles. The Bertz CT molecular complexity index is 953. The van der Waals surface area contributed by atoms with Crippen molar-refractivity contribution in [1.29, 1.82) is 0 Å². The molecule has 0 spiro atoms. The van der Waals surface area contributed by atoms with Crippen LogP contribution in [0.2, 0.25) is 0 Å². The quantitative estimate of drug-likeness (QED) is 0.517. The summed E-state index contributed by atoms with van der Waals surface area (Å²) in [6.07, 6.45) is 1.71. The summed E-state index contributed by atoms with van der Waals surface area (Å²) in [6, 6.07) is 15.7. The Kier molecular flexibility index (Phi) is 5.84. The van der Waals surface area contributed by atoms with Gasteiger partial charge >= 0.3 is 12.0 Å². The van der Waals surface area contributed by atoms with Gasteiger partial charge in [-0.1, -0.05) is 30.3 Å². The first kappa shape index (κ1) is 18.2. The molecule has 0 aliphatic carbocycles. The van der Waals surface area contributed by atoms with E-state index >= 15 is 0 Å². The molecule has 1 heterocycles. The summed E-state index contributed by atoms with van der Waals surface area (Å²) in [5.41, 5.74) is 1.44. The summed E-state index contributed by atoms with van der Waals surface area (Å²) >= 11 is 0. The maximum atomic E-state index is 12.1. The first-order chi connectivity index (χ1) is 13.2. The fourth-order valence-electron chi connectivity index (χ4n) is 2.56. The zero-order chi connectivity index (χ0) is 19.1. The number of amides is 2. The van der Waals surface area contributed by atoms with E-state index in [1.165, 1.54) is 7.11 Å². The van der Waals surface area contributed by atoms with Crippen LogP contribution in [0.5, 0.6) is 5.75 Å². The Morgan fingerprint density at radius 2 is 1.85 bits per heavy atom. The van der Waals surface area contributed by atoms with Crippen LogP contribution in [0.25, 0.3) is 10.9 Å². The number of rotatable bonds is 6. The topological polar surface area (TPSA) is 89.5 Å². The largest absolute Gasteiger partial charge is 0.489 e. The van der Waals surface area contributed by atoms with E-state index in [2.05, 4.69) is 15.6 Å². The minimum absolute atomic E-state index is 0.280. The normalized spacial score (nSPS) is 10.3. The number of pyridine rings is 1. The number of urea groups is 1. The summed E-state index contributed by atoms with van der Waals surface area (Å²) in [7, 11) is 1.29. The van der Waals surface area contributed by atoms with E-state index in [-0.39, 0.29) is 18.7 Å². The molecule has 1 aromatic heterocycles. The number of methoxy groups -OCH3 is 1. The summed E-state index contributed by atoms with van der Waals surface area (Å²) < 4.78 is 10.4. The van der Waals surface area contributed by atoms with Crippen molar-refractivity contribution in [3.8, 4) is 5.75 Å². The third-order valence-corrected chi connectivity index (χ3v) is 3.82. The van der Waals surface area contributed by atoms with Crippen molar-refractivity contribution in [2.45, 2.75) is 0 Å². The summed E-state index contributed by atoms with van der Waals surface area (Å²) in [6.45, 7) is 0.567. The minimum Gasteiger partial charge on any atom is -0.489 e. The monoisotopic (exact) mass is 365 g/mol. The van der Waals surface area contributed by atoms with E-state index in [1.807, 2.05) is 30.3 Å². The Hall–Kier alpha value is -3.61. The number of aromatic nitrogens is 1. The standard InChI is InChI=1S/C20H19N3O4/c1-26-19(24)15-8-2-3-9-16(15)23-20(25)22-12-13-27-17-10-4-6-14-7-5-11-21-18(14)17/h2-11H,12-13H2,1H3,(H2,22,23,25). The number of benzene rings is 2. The molecule has 0 fully saturated rings. The SMILES string of the molecule is COC(=O)c1ccccc1NC(=O)NCCOc1cccc2cccnc12. The lowest BCUT2D eigenvalue weighted by molar-refractivity contribution is 0.0602. The number of ether oxygens (including phenoxy) is 2. The number of fused-ring (bicyclic) bond motifs is 1. The predicted molar refractivity (Wildman–Crippen MR) is 102 cm³/mol. The number of nitrogens with one attached hydrogen (secondary N) is 2. The third-order valence-electron chi connectivity index (χ3n) is 3.82. The van der Waals surface area contributed by atoms with Gasteiger partial charge in [-0.05, 0) is 24.3 Å². The van der Waals surface area contributed by atoms with Crippen LogP contribution in [0, 0.1) is 0 Å². The van der Waals surface area contributed by atoms with E-state index in [0.29, 0.717) is 11.4 Å². The van der Waals surface area contributed by atoms with Gasteiger partial charge in [-0.2, -0.15) is 0 Å². The van der Waals surface area contributed by atoms with Crippen molar-refractivity contribution in [1.82, 2.24) is 10.3 Å². The second-order valence-corrected chi connectivity index (χ2v) is 5.60. The zero-order valence-corrected chi connectivity index (χ0v) is 14.8. The van der Waals surface area contributed by atoms with Gasteiger partial charge in [0.1, 0.15) is 17.9 Å². The van der Waals surface area contributed by atoms with E-state index in [9.17, 15) is 9.59 Å². The molecule has 2 aromatic carbocycles. The van der Waals surface area contributed by atoms with Gasteiger partial charge < -0.3 is 20.1 Å². The highest BCUT2D eigenvalue weighted by Crippen LogP contribution is 2.22. The number of hydrogen-bond acceptors (Lipinski definition) is 5. The molecule has 0 aliphatic rings. The third kappa shape index (κ3) is 4.52. The van der Waals surface area contributed by atoms with Crippen LogP contribution in [0.15, 0.2) is 60.8 Å². The Balaban J connectivity index is 1.53. The van der Waals surface area contributed by atoms with E-state index < -0.39 is 12.0 Å². The predicted octanol–water partition coefficient (Wildman–Crippen LogP) is 3.22. The van der Waals surface area contributed by atoms with Crippen LogP contribution in [-0.4, -0.2) is 37.2 Å². The van der Waals surface area contributed by atoms with Gasteiger partial charge in [0.05, 0.1) is 24.9 Å². The molecule has 27 heavy (non-hydrogen) atoms. The molecule has 0 saturated carbocycles. The molecule has 3 aromatic rings. The van der Waals surface area contributed by atoms with Crippen LogP contribution in [0.3, 0.4) is 0 Å². The highest BCUT2D eigenvalue weighted by molar-refractivity contribution is 6.00. The lowest BCUT2D eigenvalue weighted by Crippen LogP contribution is -2.32. The van der Waals surface area contributed by atoms with Crippen molar-refractivity contribution in [2.75, 3.05) is 25.6 Å². The lowest BCUT2D eigenvalue weighted by atomic mass is 10.2. The first-order valence-corrected chi connectivity index (χ1v) is 8.38. The van der Waals surface area contributed by atoms with E-state index in [0.717, 1.165) is 10.9 Å². The lowest BCUT2D eigenvalue weighted by Gasteiger charge is -2.12. The molecular formula is C20H19N3O4. The van der Waals surface area contributed by atoms with Crippen LogP contribution >= 0.6 is 0 Å². The van der Waals surface area contributed by atoms with Gasteiger partial charge in [0.25, 0.3) is 0 Å². The van der Waals surface area contributed by atoms with Gasteiger partial charge in [-0.25, -0.2) is 9.59 Å². The zero-order valence-electron chi connectivity index (χ0n) is 14.8. The molecule has 0 unspecified atom stereocenters. The number of anilines is 1. The van der Waals surface area contributed by atoms with Gasteiger partial charge in [-0.15, -0.1) is 0 Å². The molecular weight excluding hydrogens is 346 g/mol. The molecule has 3 rings (SSSR count). The van der Waals surface area contributed by atoms with Gasteiger partial charge in [-0.3, -0.25) is 4.98 Å². The minimum atomic E-state index is -0.516. The van der Waals surface area contributed by atoms with Gasteiger partial charge in [0.15, 0.2) is 0 Å². The van der Waals surface area contributed by atoms with Crippen molar-refractivity contribution < 1.29 is 19.1 Å². The number of nitrogens with zero attached hydrogens (tertiary/aromatic N) is 1. The molecule has 0 atom stereocenters. The van der Waals surface area contributed by atoms with Crippen molar-refractivity contribution >= 4 is 28.6 Å². The van der Waals surface area contributed by atoms with Crippen molar-refractivity contribution in [3.63, 3.8) is 0 Å². The van der Waals surface area contributed by atoms with E-state index in [1.54, 1.807) is 30.5 Å².